The Hall–Kier alpha value is -3.26. The van der Waals surface area contributed by atoms with Gasteiger partial charge in [-0.25, -0.2) is 4.98 Å². The number of thiazole rings is 1. The van der Waals surface area contributed by atoms with E-state index in [9.17, 15) is 4.79 Å². The van der Waals surface area contributed by atoms with Crippen molar-refractivity contribution in [1.29, 1.82) is 0 Å². The average Bonchev–Trinajstić information content (AvgIpc) is 3.29. The van der Waals surface area contributed by atoms with Crippen LogP contribution in [0.2, 0.25) is 0 Å². The maximum Gasteiger partial charge on any atom is 0.250 e. The summed E-state index contributed by atoms with van der Waals surface area (Å²) >= 11 is 1.47. The van der Waals surface area contributed by atoms with Crippen LogP contribution in [-0.2, 0) is 17.9 Å². The lowest BCUT2D eigenvalue weighted by molar-refractivity contribution is -0.119. The molecule has 0 atom stereocenters. The monoisotopic (exact) mass is 407 g/mol. The summed E-state index contributed by atoms with van der Waals surface area (Å²) in [6.45, 7) is 4.39. The Morgan fingerprint density at radius 3 is 2.79 bits per heavy atom. The first-order valence-electron chi connectivity index (χ1n) is 9.19. The number of rotatable bonds is 6. The Morgan fingerprint density at radius 2 is 2.10 bits per heavy atom. The number of amides is 1. The molecule has 4 aromatic rings. The molecule has 0 aliphatic rings. The van der Waals surface area contributed by atoms with Crippen LogP contribution in [0.25, 0.3) is 10.2 Å². The molecule has 4 rings (SSSR count). The number of ether oxygens (including phenoxy) is 1. The Kier molecular flexibility index (Phi) is 5.26. The molecule has 0 N–H and O–H groups in total. The summed E-state index contributed by atoms with van der Waals surface area (Å²) in [5.74, 6) is 0.607. The highest BCUT2D eigenvalue weighted by Crippen LogP contribution is 2.34. The molecule has 0 saturated heterocycles. The van der Waals surface area contributed by atoms with E-state index in [1.807, 2.05) is 50.2 Å². The van der Waals surface area contributed by atoms with E-state index in [0.29, 0.717) is 17.4 Å². The number of hydrogen-bond donors (Lipinski definition) is 0. The van der Waals surface area contributed by atoms with Gasteiger partial charge in [0, 0.05) is 18.1 Å². The van der Waals surface area contributed by atoms with Gasteiger partial charge in [0.2, 0.25) is 0 Å². The van der Waals surface area contributed by atoms with Crippen LogP contribution < -0.4 is 9.64 Å². The lowest BCUT2D eigenvalue weighted by Gasteiger charge is -2.20. The third kappa shape index (κ3) is 3.97. The summed E-state index contributed by atoms with van der Waals surface area (Å²) in [6.07, 6.45) is 3.48. The number of methoxy groups -OCH3 is 1. The van der Waals surface area contributed by atoms with Gasteiger partial charge in [0.05, 0.1) is 24.0 Å². The van der Waals surface area contributed by atoms with Gasteiger partial charge in [-0.1, -0.05) is 23.5 Å². The third-order valence-corrected chi connectivity index (χ3v) is 5.62. The van der Waals surface area contributed by atoms with Crippen LogP contribution in [0.1, 0.15) is 17.0 Å². The van der Waals surface area contributed by atoms with Crippen LogP contribution in [-0.4, -0.2) is 32.8 Å². The van der Waals surface area contributed by atoms with Crippen molar-refractivity contribution in [2.75, 3.05) is 12.0 Å². The van der Waals surface area contributed by atoms with Crippen molar-refractivity contribution in [2.45, 2.75) is 26.9 Å². The van der Waals surface area contributed by atoms with E-state index in [4.69, 9.17) is 9.72 Å². The molecule has 0 spiro atoms. The lowest BCUT2D eigenvalue weighted by atomic mass is 10.2. The molecule has 3 heterocycles. The SMILES string of the molecule is COc1cccc2sc(N(Cc3cccnc3)C(=O)Cn3nc(C)cc3C)nc12. The van der Waals surface area contributed by atoms with Crippen molar-refractivity contribution in [1.82, 2.24) is 19.7 Å². The molecule has 0 fully saturated rings. The molecule has 0 bridgehead atoms. The van der Waals surface area contributed by atoms with E-state index in [-0.39, 0.29) is 12.5 Å². The minimum atomic E-state index is -0.0851. The molecule has 0 aliphatic carbocycles. The molecule has 1 aromatic carbocycles. The zero-order chi connectivity index (χ0) is 20.4. The number of benzene rings is 1. The molecule has 8 heteroatoms. The van der Waals surface area contributed by atoms with Gasteiger partial charge in [0.15, 0.2) is 5.13 Å². The highest BCUT2D eigenvalue weighted by molar-refractivity contribution is 7.22. The number of aromatic nitrogens is 4. The average molecular weight is 407 g/mol. The van der Waals surface area contributed by atoms with Crippen LogP contribution in [0.5, 0.6) is 5.75 Å². The van der Waals surface area contributed by atoms with Gasteiger partial charge in [-0.3, -0.25) is 19.4 Å². The number of anilines is 1. The minimum absolute atomic E-state index is 0.0851. The molecule has 148 valence electrons. The van der Waals surface area contributed by atoms with Crippen molar-refractivity contribution >= 4 is 32.6 Å². The normalized spacial score (nSPS) is 11.0. The van der Waals surface area contributed by atoms with Gasteiger partial charge in [-0.2, -0.15) is 5.10 Å². The Balaban J connectivity index is 1.72. The van der Waals surface area contributed by atoms with E-state index >= 15 is 0 Å². The summed E-state index contributed by atoms with van der Waals surface area (Å²) in [7, 11) is 1.62. The summed E-state index contributed by atoms with van der Waals surface area (Å²) in [6, 6.07) is 11.5. The second-order valence-electron chi connectivity index (χ2n) is 6.73. The fourth-order valence-electron chi connectivity index (χ4n) is 3.18. The molecule has 29 heavy (non-hydrogen) atoms. The quantitative estimate of drug-likeness (QED) is 0.487. The maximum atomic E-state index is 13.3. The summed E-state index contributed by atoms with van der Waals surface area (Å²) < 4.78 is 8.12. The lowest BCUT2D eigenvalue weighted by Crippen LogP contribution is -2.34. The highest BCUT2D eigenvalue weighted by Gasteiger charge is 2.22. The number of pyridine rings is 1. The molecule has 0 aliphatic heterocycles. The zero-order valence-electron chi connectivity index (χ0n) is 16.5. The van der Waals surface area contributed by atoms with E-state index in [1.165, 1.54) is 11.3 Å². The van der Waals surface area contributed by atoms with E-state index in [1.54, 1.807) is 29.1 Å². The van der Waals surface area contributed by atoms with Gasteiger partial charge >= 0.3 is 0 Å². The number of carbonyl (C=O) groups is 1. The number of fused-ring (bicyclic) bond motifs is 1. The van der Waals surface area contributed by atoms with Crippen molar-refractivity contribution in [3.05, 3.63) is 65.7 Å². The molecule has 0 saturated carbocycles. The van der Waals surface area contributed by atoms with Crippen molar-refractivity contribution < 1.29 is 9.53 Å². The predicted octanol–water partition coefficient (Wildman–Crippen LogP) is 3.75. The molecular formula is C21H21N5O2S. The molecule has 3 aromatic heterocycles. The van der Waals surface area contributed by atoms with Gasteiger partial charge in [-0.15, -0.1) is 0 Å². The van der Waals surface area contributed by atoms with Gasteiger partial charge in [0.25, 0.3) is 5.91 Å². The fraction of sp³-hybridized carbons (Fsp3) is 0.238. The van der Waals surface area contributed by atoms with Gasteiger partial charge < -0.3 is 4.74 Å². The third-order valence-electron chi connectivity index (χ3n) is 4.57. The predicted molar refractivity (Wildman–Crippen MR) is 113 cm³/mol. The molecular weight excluding hydrogens is 386 g/mol. The summed E-state index contributed by atoms with van der Waals surface area (Å²) in [4.78, 5) is 23.9. The first-order chi connectivity index (χ1) is 14.0. The van der Waals surface area contributed by atoms with Crippen molar-refractivity contribution in [2.24, 2.45) is 0 Å². The standard InChI is InChI=1S/C21H21N5O2S/c1-14-10-15(2)26(24-14)13-19(27)25(12-16-6-5-9-22-11-16)21-23-20-17(28-3)7-4-8-18(20)29-21/h4-11H,12-13H2,1-3H3. The molecule has 0 radical (unpaired) electrons. The highest BCUT2D eigenvalue weighted by atomic mass is 32.1. The van der Waals surface area contributed by atoms with Crippen LogP contribution >= 0.6 is 11.3 Å². The van der Waals surface area contributed by atoms with E-state index in [0.717, 1.165) is 27.2 Å². The van der Waals surface area contributed by atoms with Crippen molar-refractivity contribution in [3.63, 3.8) is 0 Å². The molecule has 7 nitrogen and oxygen atoms in total. The minimum Gasteiger partial charge on any atom is -0.494 e. The topological polar surface area (TPSA) is 73.1 Å². The van der Waals surface area contributed by atoms with Crippen molar-refractivity contribution in [3.8, 4) is 5.75 Å². The first-order valence-corrected chi connectivity index (χ1v) is 10.0. The zero-order valence-corrected chi connectivity index (χ0v) is 17.3. The molecule has 1 amide bonds. The number of carbonyl (C=O) groups excluding carboxylic acids is 1. The van der Waals surface area contributed by atoms with Crippen LogP contribution in [0.15, 0.2) is 48.8 Å². The Labute approximate surface area is 172 Å². The van der Waals surface area contributed by atoms with Gasteiger partial charge in [0.1, 0.15) is 17.8 Å². The summed E-state index contributed by atoms with van der Waals surface area (Å²) in [5.41, 5.74) is 3.52. The van der Waals surface area contributed by atoms with Gasteiger partial charge in [-0.05, 0) is 43.7 Å². The van der Waals surface area contributed by atoms with E-state index in [2.05, 4.69) is 10.1 Å². The van der Waals surface area contributed by atoms with E-state index < -0.39 is 0 Å². The van der Waals surface area contributed by atoms with Crippen LogP contribution in [0.3, 0.4) is 0 Å². The maximum absolute atomic E-state index is 13.3. The number of hydrogen-bond acceptors (Lipinski definition) is 6. The Morgan fingerprint density at radius 1 is 1.24 bits per heavy atom. The first kappa shape index (κ1) is 19.1. The van der Waals surface area contributed by atoms with Crippen LogP contribution in [0, 0.1) is 13.8 Å². The smallest absolute Gasteiger partial charge is 0.250 e. The molecule has 0 unspecified atom stereocenters. The van der Waals surface area contributed by atoms with Crippen LogP contribution in [0.4, 0.5) is 5.13 Å². The summed E-state index contributed by atoms with van der Waals surface area (Å²) in [5, 5.41) is 5.05. The Bertz CT molecular complexity index is 1150. The largest absolute Gasteiger partial charge is 0.494 e. The second-order valence-corrected chi connectivity index (χ2v) is 7.74. The number of aryl methyl sites for hydroxylation is 2. The fourth-order valence-corrected chi connectivity index (χ4v) is 4.18. The number of para-hydroxylation sites is 1. The second kappa shape index (κ2) is 8.00. The number of nitrogens with zero attached hydrogens (tertiary/aromatic N) is 5.